The molecule has 5 rings (SSSR count). The lowest BCUT2D eigenvalue weighted by atomic mass is 10.0. The van der Waals surface area contributed by atoms with Gasteiger partial charge in [0, 0.05) is 68.1 Å². The van der Waals surface area contributed by atoms with Crippen LogP contribution in [0.15, 0.2) is 60.1 Å². The predicted molar refractivity (Wildman–Crippen MR) is 133 cm³/mol. The molecular formula is C25H25N5O4S. The molecule has 10 heteroatoms. The Hall–Kier alpha value is -3.76. The molecule has 0 spiro atoms. The molecule has 2 aromatic carbocycles. The predicted octanol–water partition coefficient (Wildman–Crippen LogP) is 3.18. The van der Waals surface area contributed by atoms with E-state index in [9.17, 15) is 14.4 Å². The fraction of sp³-hybridized carbons (Fsp3) is 0.280. The summed E-state index contributed by atoms with van der Waals surface area (Å²) in [6.45, 7) is 4.32. The summed E-state index contributed by atoms with van der Waals surface area (Å²) < 4.78 is 0. The minimum absolute atomic E-state index is 0.00149. The lowest BCUT2D eigenvalue weighted by Gasteiger charge is -2.48. The van der Waals surface area contributed by atoms with Crippen molar-refractivity contribution < 1.29 is 19.5 Å². The van der Waals surface area contributed by atoms with E-state index < -0.39 is 6.09 Å². The highest BCUT2D eigenvalue weighted by atomic mass is 32.1. The second-order valence-corrected chi connectivity index (χ2v) is 9.51. The van der Waals surface area contributed by atoms with Crippen molar-refractivity contribution in [2.75, 3.05) is 44.6 Å². The maximum atomic E-state index is 12.9. The quantitative estimate of drug-likeness (QED) is 0.568. The number of piperazine rings is 1. The third-order valence-electron chi connectivity index (χ3n) is 6.46. The van der Waals surface area contributed by atoms with E-state index in [2.05, 4.69) is 15.2 Å². The van der Waals surface area contributed by atoms with Crippen molar-refractivity contribution >= 4 is 34.9 Å². The zero-order valence-corrected chi connectivity index (χ0v) is 19.8. The first-order chi connectivity index (χ1) is 17.0. The number of hydrogen-bond donors (Lipinski definition) is 2. The second kappa shape index (κ2) is 9.85. The van der Waals surface area contributed by atoms with Crippen LogP contribution in [0.3, 0.4) is 0 Å². The maximum Gasteiger partial charge on any atom is 0.409 e. The number of thiazole rings is 1. The molecule has 35 heavy (non-hydrogen) atoms. The van der Waals surface area contributed by atoms with Gasteiger partial charge in [0.2, 0.25) is 0 Å². The monoisotopic (exact) mass is 491 g/mol. The molecule has 2 N–H and O–H groups in total. The lowest BCUT2D eigenvalue weighted by molar-refractivity contribution is 0.00853. The molecule has 0 unspecified atom stereocenters. The van der Waals surface area contributed by atoms with E-state index in [0.717, 1.165) is 24.2 Å². The van der Waals surface area contributed by atoms with Crippen molar-refractivity contribution in [3.63, 3.8) is 0 Å². The number of rotatable bonds is 5. The maximum absolute atomic E-state index is 12.9. The van der Waals surface area contributed by atoms with Crippen LogP contribution in [0.2, 0.25) is 0 Å². The third kappa shape index (κ3) is 5.03. The molecule has 0 radical (unpaired) electrons. The van der Waals surface area contributed by atoms with Gasteiger partial charge in [0.05, 0.1) is 0 Å². The molecular weight excluding hydrogens is 466 g/mol. The summed E-state index contributed by atoms with van der Waals surface area (Å²) in [5, 5.41) is 13.6. The number of nitrogens with one attached hydrogen (secondary N) is 1. The number of nitrogens with zero attached hydrogens (tertiary/aromatic N) is 4. The molecule has 0 aliphatic carbocycles. The molecule has 3 amide bonds. The minimum Gasteiger partial charge on any atom is -0.465 e. The van der Waals surface area contributed by atoms with Crippen LogP contribution in [0.4, 0.5) is 10.5 Å². The van der Waals surface area contributed by atoms with Crippen LogP contribution in [0.5, 0.6) is 0 Å². The van der Waals surface area contributed by atoms with Crippen LogP contribution < -0.4 is 5.32 Å². The molecule has 2 aliphatic rings. The summed E-state index contributed by atoms with van der Waals surface area (Å²) in [7, 11) is 0. The van der Waals surface area contributed by atoms with Crippen LogP contribution in [-0.4, -0.2) is 88.0 Å². The van der Waals surface area contributed by atoms with Crippen molar-refractivity contribution in [3.05, 3.63) is 70.7 Å². The van der Waals surface area contributed by atoms with Gasteiger partial charge in [-0.2, -0.15) is 0 Å². The van der Waals surface area contributed by atoms with E-state index in [-0.39, 0.29) is 11.8 Å². The largest absolute Gasteiger partial charge is 0.465 e. The number of amides is 3. The van der Waals surface area contributed by atoms with Gasteiger partial charge < -0.3 is 14.9 Å². The van der Waals surface area contributed by atoms with E-state index >= 15 is 0 Å². The summed E-state index contributed by atoms with van der Waals surface area (Å²) in [5.41, 5.74) is 2.90. The molecule has 9 nitrogen and oxygen atoms in total. The van der Waals surface area contributed by atoms with Crippen LogP contribution in [0.25, 0.3) is 11.1 Å². The van der Waals surface area contributed by atoms with Gasteiger partial charge in [0.1, 0.15) is 0 Å². The number of carbonyl (C=O) groups is 3. The first-order valence-electron chi connectivity index (χ1n) is 11.4. The summed E-state index contributed by atoms with van der Waals surface area (Å²) in [4.78, 5) is 46.4. The third-order valence-corrected chi connectivity index (χ3v) is 7.22. The number of hydrogen-bond acceptors (Lipinski definition) is 6. The SMILES string of the molecule is O=C(O)Nc1cccc(-c2ccc(C(=O)N3CC(N4CCN(C(=O)c5nccs5)CC4)C3)cc2)c1. The van der Waals surface area contributed by atoms with Gasteiger partial charge in [-0.25, -0.2) is 9.78 Å². The van der Waals surface area contributed by atoms with E-state index in [4.69, 9.17) is 5.11 Å². The molecule has 3 heterocycles. The Morgan fingerprint density at radius 2 is 1.66 bits per heavy atom. The first kappa shape index (κ1) is 23.0. The number of aromatic nitrogens is 1. The normalized spacial score (nSPS) is 16.6. The Morgan fingerprint density at radius 3 is 2.31 bits per heavy atom. The van der Waals surface area contributed by atoms with Crippen LogP contribution in [0, 0.1) is 0 Å². The molecule has 2 fully saturated rings. The number of benzene rings is 2. The summed E-state index contributed by atoms with van der Waals surface area (Å²) in [6.07, 6.45) is 0.543. The Morgan fingerprint density at radius 1 is 0.914 bits per heavy atom. The average Bonchev–Trinajstić information content (AvgIpc) is 3.38. The molecule has 0 bridgehead atoms. The molecule has 1 aromatic heterocycles. The molecule has 2 saturated heterocycles. The number of likely N-dealkylation sites (tertiary alicyclic amines) is 1. The zero-order chi connectivity index (χ0) is 24.4. The Balaban J connectivity index is 1.12. The summed E-state index contributed by atoms with van der Waals surface area (Å²) in [6, 6.07) is 14.8. The molecule has 180 valence electrons. The van der Waals surface area contributed by atoms with Gasteiger partial charge in [-0.1, -0.05) is 24.3 Å². The summed E-state index contributed by atoms with van der Waals surface area (Å²) >= 11 is 1.37. The fourth-order valence-electron chi connectivity index (χ4n) is 4.49. The fourth-order valence-corrected chi connectivity index (χ4v) is 5.10. The second-order valence-electron chi connectivity index (χ2n) is 8.62. The Labute approximate surface area is 206 Å². The molecule has 0 atom stereocenters. The number of anilines is 1. The van der Waals surface area contributed by atoms with Crippen molar-refractivity contribution in [1.82, 2.24) is 19.7 Å². The van der Waals surface area contributed by atoms with Crippen LogP contribution in [0.1, 0.15) is 20.2 Å². The minimum atomic E-state index is -1.11. The van der Waals surface area contributed by atoms with Gasteiger partial charge in [-0.05, 0) is 35.4 Å². The van der Waals surface area contributed by atoms with E-state index in [1.54, 1.807) is 24.4 Å². The van der Waals surface area contributed by atoms with Crippen LogP contribution >= 0.6 is 11.3 Å². The van der Waals surface area contributed by atoms with Gasteiger partial charge in [-0.3, -0.25) is 19.8 Å². The highest BCUT2D eigenvalue weighted by Crippen LogP contribution is 2.25. The van der Waals surface area contributed by atoms with Crippen molar-refractivity contribution in [1.29, 1.82) is 0 Å². The van der Waals surface area contributed by atoms with Crippen molar-refractivity contribution in [2.45, 2.75) is 6.04 Å². The van der Waals surface area contributed by atoms with Gasteiger partial charge in [0.15, 0.2) is 5.01 Å². The molecule has 2 aliphatic heterocycles. The van der Waals surface area contributed by atoms with Gasteiger partial charge >= 0.3 is 6.09 Å². The lowest BCUT2D eigenvalue weighted by Crippen LogP contribution is -2.64. The number of carbonyl (C=O) groups excluding carboxylic acids is 2. The van der Waals surface area contributed by atoms with Crippen molar-refractivity contribution in [3.8, 4) is 11.1 Å². The molecule has 3 aromatic rings. The van der Waals surface area contributed by atoms with E-state index in [1.165, 1.54) is 11.3 Å². The summed E-state index contributed by atoms with van der Waals surface area (Å²) in [5.74, 6) is 0.00469. The smallest absolute Gasteiger partial charge is 0.409 e. The average molecular weight is 492 g/mol. The Bertz CT molecular complexity index is 1220. The van der Waals surface area contributed by atoms with E-state index in [1.807, 2.05) is 45.5 Å². The highest BCUT2D eigenvalue weighted by molar-refractivity contribution is 7.11. The van der Waals surface area contributed by atoms with Gasteiger partial charge in [0.25, 0.3) is 11.8 Å². The van der Waals surface area contributed by atoms with E-state index in [0.29, 0.717) is 48.5 Å². The first-order valence-corrected chi connectivity index (χ1v) is 12.3. The van der Waals surface area contributed by atoms with Crippen LogP contribution in [-0.2, 0) is 0 Å². The Kier molecular flexibility index (Phi) is 6.47. The standard InChI is InChI=1S/C25H25N5O4S/c31-23(18-6-4-17(5-7-18)19-2-1-3-20(14-19)27-25(33)34)30-15-21(16-30)28-9-11-29(12-10-28)24(32)22-26-8-13-35-22/h1-8,13-14,21,27H,9-12,15-16H2,(H,33,34). The zero-order valence-electron chi connectivity index (χ0n) is 19.0. The highest BCUT2D eigenvalue weighted by Gasteiger charge is 2.37. The molecule has 0 saturated carbocycles. The number of carboxylic acid groups (broad SMARTS) is 1. The van der Waals surface area contributed by atoms with Crippen molar-refractivity contribution in [2.24, 2.45) is 0 Å². The topological polar surface area (TPSA) is 106 Å². The van der Waals surface area contributed by atoms with Gasteiger partial charge in [-0.15, -0.1) is 11.3 Å².